The maximum Gasteiger partial charge on any atom is 0.273 e. The van der Waals surface area contributed by atoms with E-state index in [9.17, 15) is 9.90 Å². The average molecular weight is 281 g/mol. The summed E-state index contributed by atoms with van der Waals surface area (Å²) in [7, 11) is 0. The molecular formula is C13H19N3O2S. The summed E-state index contributed by atoms with van der Waals surface area (Å²) in [6.07, 6.45) is 3.32. The maximum absolute atomic E-state index is 11.7. The molecule has 6 heteroatoms. The third-order valence-corrected chi connectivity index (χ3v) is 2.75. The highest BCUT2D eigenvalue weighted by Gasteiger charge is 2.09. The molecule has 0 aliphatic rings. The van der Waals surface area contributed by atoms with Crippen molar-refractivity contribution in [2.75, 3.05) is 6.54 Å². The van der Waals surface area contributed by atoms with Gasteiger partial charge in [0.1, 0.15) is 5.75 Å². The van der Waals surface area contributed by atoms with Crippen LogP contribution < -0.4 is 16.2 Å². The molecule has 0 aromatic heterocycles. The summed E-state index contributed by atoms with van der Waals surface area (Å²) in [6.45, 7) is 2.90. The lowest BCUT2D eigenvalue weighted by Gasteiger charge is -2.11. The molecule has 19 heavy (non-hydrogen) atoms. The molecule has 4 N–H and O–H groups in total. The Morgan fingerprint density at radius 3 is 2.68 bits per heavy atom. The van der Waals surface area contributed by atoms with Crippen molar-refractivity contribution in [3.63, 3.8) is 0 Å². The van der Waals surface area contributed by atoms with Crippen molar-refractivity contribution in [2.45, 2.75) is 26.2 Å². The van der Waals surface area contributed by atoms with E-state index in [4.69, 9.17) is 12.2 Å². The third kappa shape index (κ3) is 5.56. The van der Waals surface area contributed by atoms with Gasteiger partial charge in [-0.15, -0.1) is 0 Å². The van der Waals surface area contributed by atoms with Crippen LogP contribution >= 0.6 is 12.2 Å². The molecule has 104 valence electrons. The van der Waals surface area contributed by atoms with Gasteiger partial charge in [-0.25, -0.2) is 0 Å². The topological polar surface area (TPSA) is 73.4 Å². The van der Waals surface area contributed by atoms with Crippen LogP contribution in [0.1, 0.15) is 36.5 Å². The number of carbonyl (C=O) groups excluding carboxylic acids is 1. The molecule has 0 aliphatic carbocycles. The fourth-order valence-corrected chi connectivity index (χ4v) is 1.62. The Labute approximate surface area is 118 Å². The van der Waals surface area contributed by atoms with E-state index in [2.05, 4.69) is 23.1 Å². The molecule has 5 nitrogen and oxygen atoms in total. The molecule has 0 fully saturated rings. The standard InChI is InChI=1S/C13H19N3O2S/c1-2-3-6-9-14-13(19)16-15-12(18)10-7-4-5-8-11(10)17/h4-5,7-8,17H,2-3,6,9H2,1H3,(H,15,18)(H2,14,16,19). The van der Waals surface area contributed by atoms with Gasteiger partial charge in [0.2, 0.25) is 0 Å². The van der Waals surface area contributed by atoms with Gasteiger partial charge in [-0.1, -0.05) is 31.9 Å². The SMILES string of the molecule is CCCCCNC(=S)NNC(=O)c1ccccc1O. The minimum Gasteiger partial charge on any atom is -0.507 e. The van der Waals surface area contributed by atoms with Crippen molar-refractivity contribution in [3.8, 4) is 5.75 Å². The number of carbonyl (C=O) groups is 1. The summed E-state index contributed by atoms with van der Waals surface area (Å²) in [5.74, 6) is -0.501. The Bertz CT molecular complexity index is 438. The first kappa shape index (κ1) is 15.2. The number of rotatable bonds is 5. The highest BCUT2D eigenvalue weighted by Crippen LogP contribution is 2.14. The predicted molar refractivity (Wildman–Crippen MR) is 78.8 cm³/mol. The first-order chi connectivity index (χ1) is 9.15. The van der Waals surface area contributed by atoms with E-state index < -0.39 is 5.91 Å². The largest absolute Gasteiger partial charge is 0.507 e. The first-order valence-electron chi connectivity index (χ1n) is 6.27. The zero-order valence-corrected chi connectivity index (χ0v) is 11.7. The van der Waals surface area contributed by atoms with Crippen LogP contribution in [0.5, 0.6) is 5.75 Å². The van der Waals surface area contributed by atoms with Crippen LogP contribution in [0.2, 0.25) is 0 Å². The predicted octanol–water partition coefficient (Wildman–Crippen LogP) is 1.69. The molecule has 0 bridgehead atoms. The lowest BCUT2D eigenvalue weighted by atomic mass is 10.2. The second-order valence-electron chi connectivity index (χ2n) is 4.06. The smallest absolute Gasteiger partial charge is 0.273 e. The number of thiocarbonyl (C=S) groups is 1. The van der Waals surface area contributed by atoms with Gasteiger partial charge in [0.25, 0.3) is 5.91 Å². The quantitative estimate of drug-likeness (QED) is 0.375. The lowest BCUT2D eigenvalue weighted by molar-refractivity contribution is 0.0941. The Balaban J connectivity index is 2.30. The monoisotopic (exact) mass is 281 g/mol. The number of phenols is 1. The van der Waals surface area contributed by atoms with Crippen LogP contribution in [0.4, 0.5) is 0 Å². The number of nitrogens with one attached hydrogen (secondary N) is 3. The van der Waals surface area contributed by atoms with Gasteiger partial charge in [0, 0.05) is 6.54 Å². The molecular weight excluding hydrogens is 262 g/mol. The number of hydrogen-bond donors (Lipinski definition) is 4. The van der Waals surface area contributed by atoms with Gasteiger partial charge < -0.3 is 10.4 Å². The summed E-state index contributed by atoms with van der Waals surface area (Å²) in [5, 5.41) is 12.9. The number of para-hydroxylation sites is 1. The van der Waals surface area contributed by atoms with Crippen LogP contribution in [-0.2, 0) is 0 Å². The van der Waals surface area contributed by atoms with E-state index >= 15 is 0 Å². The zero-order chi connectivity index (χ0) is 14.1. The molecule has 1 aromatic carbocycles. The molecule has 0 atom stereocenters. The minimum atomic E-state index is -0.434. The van der Waals surface area contributed by atoms with E-state index in [0.29, 0.717) is 5.11 Å². The van der Waals surface area contributed by atoms with E-state index in [1.165, 1.54) is 12.1 Å². The van der Waals surface area contributed by atoms with Crippen molar-refractivity contribution in [1.82, 2.24) is 16.2 Å². The van der Waals surface area contributed by atoms with Crippen molar-refractivity contribution >= 4 is 23.2 Å². The molecule has 0 radical (unpaired) electrons. The van der Waals surface area contributed by atoms with Gasteiger partial charge in [0.15, 0.2) is 5.11 Å². The number of hydrogen-bond acceptors (Lipinski definition) is 3. The molecule has 0 saturated carbocycles. The van der Waals surface area contributed by atoms with E-state index in [1.807, 2.05) is 0 Å². The average Bonchev–Trinajstić information content (AvgIpc) is 2.41. The Hall–Kier alpha value is -1.82. The second kappa shape index (κ2) is 8.31. The highest BCUT2D eigenvalue weighted by atomic mass is 32.1. The maximum atomic E-state index is 11.7. The lowest BCUT2D eigenvalue weighted by Crippen LogP contribution is -2.46. The van der Waals surface area contributed by atoms with Gasteiger partial charge in [-0.2, -0.15) is 0 Å². The van der Waals surface area contributed by atoms with Crippen molar-refractivity contribution in [3.05, 3.63) is 29.8 Å². The first-order valence-corrected chi connectivity index (χ1v) is 6.68. The zero-order valence-electron chi connectivity index (χ0n) is 10.9. The molecule has 0 saturated heterocycles. The van der Waals surface area contributed by atoms with Crippen LogP contribution in [0.25, 0.3) is 0 Å². The third-order valence-electron chi connectivity index (χ3n) is 2.50. The number of phenolic OH excluding ortho intramolecular Hbond substituents is 1. The fraction of sp³-hybridized carbons (Fsp3) is 0.385. The summed E-state index contributed by atoms with van der Waals surface area (Å²) in [4.78, 5) is 11.7. The summed E-state index contributed by atoms with van der Waals surface area (Å²) in [6, 6.07) is 6.32. The van der Waals surface area contributed by atoms with E-state index in [-0.39, 0.29) is 11.3 Å². The summed E-state index contributed by atoms with van der Waals surface area (Å²) < 4.78 is 0. The van der Waals surface area contributed by atoms with Crippen molar-refractivity contribution < 1.29 is 9.90 Å². The Morgan fingerprint density at radius 1 is 1.26 bits per heavy atom. The van der Waals surface area contributed by atoms with Gasteiger partial charge in [-0.05, 0) is 30.8 Å². The molecule has 0 heterocycles. The number of unbranched alkanes of at least 4 members (excludes halogenated alkanes) is 2. The molecule has 1 rings (SSSR count). The molecule has 1 amide bonds. The number of amides is 1. The fourth-order valence-electron chi connectivity index (χ4n) is 1.47. The van der Waals surface area contributed by atoms with Gasteiger partial charge in [0.05, 0.1) is 5.56 Å². The molecule has 0 aliphatic heterocycles. The summed E-state index contributed by atoms with van der Waals surface area (Å²) >= 11 is 5.01. The van der Waals surface area contributed by atoms with Gasteiger partial charge in [-0.3, -0.25) is 15.6 Å². The highest BCUT2D eigenvalue weighted by molar-refractivity contribution is 7.80. The van der Waals surface area contributed by atoms with Crippen molar-refractivity contribution in [1.29, 1.82) is 0 Å². The number of aromatic hydroxyl groups is 1. The molecule has 0 spiro atoms. The van der Waals surface area contributed by atoms with Crippen LogP contribution in [0.3, 0.4) is 0 Å². The summed E-state index contributed by atoms with van der Waals surface area (Å²) in [5.41, 5.74) is 5.22. The van der Waals surface area contributed by atoms with Crippen LogP contribution in [0.15, 0.2) is 24.3 Å². The Kier molecular flexibility index (Phi) is 6.67. The molecule has 0 unspecified atom stereocenters. The van der Waals surface area contributed by atoms with E-state index in [1.54, 1.807) is 12.1 Å². The van der Waals surface area contributed by atoms with Crippen LogP contribution in [-0.4, -0.2) is 22.7 Å². The minimum absolute atomic E-state index is 0.0661. The normalized spacial score (nSPS) is 9.74. The van der Waals surface area contributed by atoms with Gasteiger partial charge >= 0.3 is 0 Å². The second-order valence-corrected chi connectivity index (χ2v) is 4.47. The van der Waals surface area contributed by atoms with Crippen molar-refractivity contribution in [2.24, 2.45) is 0 Å². The van der Waals surface area contributed by atoms with E-state index in [0.717, 1.165) is 25.8 Å². The Morgan fingerprint density at radius 2 is 2.00 bits per heavy atom. The number of hydrazine groups is 1. The van der Waals surface area contributed by atoms with Crippen LogP contribution in [0, 0.1) is 0 Å². The molecule has 1 aromatic rings. The number of benzene rings is 1.